The van der Waals surface area contributed by atoms with Crippen molar-refractivity contribution in [2.75, 3.05) is 13.7 Å². The summed E-state index contributed by atoms with van der Waals surface area (Å²) in [7, 11) is 1.71. The summed E-state index contributed by atoms with van der Waals surface area (Å²) in [6, 6.07) is 13.1. The molecule has 1 saturated heterocycles. The van der Waals surface area contributed by atoms with Gasteiger partial charge in [0, 0.05) is 42.2 Å². The van der Waals surface area contributed by atoms with Crippen LogP contribution in [-0.2, 0) is 16.6 Å². The van der Waals surface area contributed by atoms with Gasteiger partial charge < -0.3 is 24.6 Å². The molecule has 200 valence electrons. The van der Waals surface area contributed by atoms with Crippen molar-refractivity contribution in [3.05, 3.63) is 71.3 Å². The van der Waals surface area contributed by atoms with Crippen molar-refractivity contribution in [3.8, 4) is 11.5 Å². The topological polar surface area (TPSA) is 79.2 Å². The molecule has 2 aliphatic heterocycles. The second-order valence-corrected chi connectivity index (χ2v) is 13.3. The number of amides is 1. The molecule has 0 aromatic heterocycles. The van der Waals surface area contributed by atoms with Gasteiger partial charge in [-0.1, -0.05) is 57.2 Å². The minimum Gasteiger partial charge on any atom is -0.504 e. The van der Waals surface area contributed by atoms with Crippen LogP contribution in [0.25, 0.3) is 0 Å². The number of carbonyl (C=O) groups excluding carboxylic acids is 1. The summed E-state index contributed by atoms with van der Waals surface area (Å²) in [5.41, 5.74) is -0.413. The maximum atomic E-state index is 14.0. The van der Waals surface area contributed by atoms with E-state index in [-0.39, 0.29) is 23.6 Å². The Morgan fingerprint density at radius 1 is 1.11 bits per heavy atom. The summed E-state index contributed by atoms with van der Waals surface area (Å²) in [6.45, 7) is 8.72. The quantitative estimate of drug-likeness (QED) is 0.584. The molecular formula is C32H37NO5. The van der Waals surface area contributed by atoms with E-state index in [2.05, 4.69) is 37.8 Å². The van der Waals surface area contributed by atoms with Crippen LogP contribution in [0.1, 0.15) is 62.0 Å². The molecular weight excluding hydrogens is 478 g/mol. The van der Waals surface area contributed by atoms with E-state index in [1.54, 1.807) is 13.2 Å². The van der Waals surface area contributed by atoms with Gasteiger partial charge in [-0.05, 0) is 55.4 Å². The number of hydrogen-bond acceptors (Lipinski definition) is 5. The lowest BCUT2D eigenvalue weighted by molar-refractivity contribution is -0.260. The third-order valence-corrected chi connectivity index (χ3v) is 11.3. The zero-order chi connectivity index (χ0) is 26.9. The van der Waals surface area contributed by atoms with E-state index in [4.69, 9.17) is 9.47 Å². The maximum Gasteiger partial charge on any atom is 0.254 e. The minimum atomic E-state index is -1.09. The number of benzene rings is 2. The number of aliphatic hydroxyl groups is 1. The van der Waals surface area contributed by atoms with E-state index in [1.807, 2.05) is 43.3 Å². The predicted octanol–water partition coefficient (Wildman–Crippen LogP) is 4.62. The van der Waals surface area contributed by atoms with E-state index in [0.717, 1.165) is 11.1 Å². The maximum absolute atomic E-state index is 14.0. The molecule has 1 saturated carbocycles. The lowest BCUT2D eigenvalue weighted by atomic mass is 9.35. The first-order valence-corrected chi connectivity index (χ1v) is 13.8. The Balaban J connectivity index is 1.49. The lowest BCUT2D eigenvalue weighted by Gasteiger charge is -2.73. The number of phenols is 1. The summed E-state index contributed by atoms with van der Waals surface area (Å²) in [5.74, 6) is 0.461. The van der Waals surface area contributed by atoms with Crippen LogP contribution in [0.2, 0.25) is 0 Å². The number of hydrogen-bond donors (Lipinski definition) is 2. The number of carbonyl (C=O) groups is 1. The summed E-state index contributed by atoms with van der Waals surface area (Å²) in [6.07, 6.45) is 6.05. The van der Waals surface area contributed by atoms with Gasteiger partial charge in [-0.15, -0.1) is 0 Å². The fourth-order valence-electron chi connectivity index (χ4n) is 8.99. The molecule has 2 aromatic rings. The first kappa shape index (κ1) is 24.2. The van der Waals surface area contributed by atoms with Crippen molar-refractivity contribution in [3.63, 3.8) is 0 Å². The second-order valence-electron chi connectivity index (χ2n) is 13.3. The number of fused-ring (bicyclic) bond motifs is 1. The molecule has 6 aliphatic rings. The van der Waals surface area contributed by atoms with Crippen molar-refractivity contribution < 1.29 is 24.5 Å². The highest BCUT2D eigenvalue weighted by atomic mass is 16.6. The molecule has 2 heterocycles. The highest BCUT2D eigenvalue weighted by Gasteiger charge is 2.81. The van der Waals surface area contributed by atoms with Crippen LogP contribution >= 0.6 is 0 Å². The van der Waals surface area contributed by atoms with Crippen LogP contribution in [0.3, 0.4) is 0 Å². The zero-order valence-corrected chi connectivity index (χ0v) is 22.8. The standard InChI is InChI=1S/C32H37NO5/c1-28(2,3)29(4,36)22-18-30-13-14-32(22,37-5)27-31(30)15-16-33(26(35)19-9-7-6-8-10-19)23(30)17-20-11-12-21(34)25(38-27)24(20)31/h6-14,22-23,27,34,36H,15-18H2,1-5H3/t22-,23-,27-,29+,30-,31+,32-/m1/s1. The number of methoxy groups -OCH3 is 1. The molecule has 7 atom stereocenters. The summed E-state index contributed by atoms with van der Waals surface area (Å²) < 4.78 is 13.3. The van der Waals surface area contributed by atoms with Crippen LogP contribution in [0.4, 0.5) is 0 Å². The van der Waals surface area contributed by atoms with Crippen LogP contribution in [0.15, 0.2) is 54.6 Å². The van der Waals surface area contributed by atoms with Crippen molar-refractivity contribution in [1.82, 2.24) is 4.90 Å². The van der Waals surface area contributed by atoms with Crippen molar-refractivity contribution in [2.24, 2.45) is 16.7 Å². The molecule has 0 radical (unpaired) electrons. The van der Waals surface area contributed by atoms with E-state index < -0.39 is 33.6 Å². The van der Waals surface area contributed by atoms with Gasteiger partial charge in [0.05, 0.1) is 11.0 Å². The molecule has 38 heavy (non-hydrogen) atoms. The van der Waals surface area contributed by atoms with E-state index in [9.17, 15) is 15.0 Å². The second kappa shape index (κ2) is 7.22. The largest absolute Gasteiger partial charge is 0.504 e. The van der Waals surface area contributed by atoms with Crippen LogP contribution in [0, 0.1) is 16.7 Å². The van der Waals surface area contributed by atoms with Gasteiger partial charge in [-0.3, -0.25) is 4.79 Å². The minimum absolute atomic E-state index is 0.0411. The van der Waals surface area contributed by atoms with Crippen molar-refractivity contribution in [1.29, 1.82) is 0 Å². The number of nitrogens with zero attached hydrogens (tertiary/aromatic N) is 1. The molecule has 4 bridgehead atoms. The molecule has 1 amide bonds. The van der Waals surface area contributed by atoms with Crippen LogP contribution in [0.5, 0.6) is 11.5 Å². The van der Waals surface area contributed by atoms with Crippen molar-refractivity contribution in [2.45, 2.75) is 75.7 Å². The highest BCUT2D eigenvalue weighted by molar-refractivity contribution is 5.95. The third-order valence-electron chi connectivity index (χ3n) is 11.3. The monoisotopic (exact) mass is 515 g/mol. The Morgan fingerprint density at radius 3 is 2.53 bits per heavy atom. The highest BCUT2D eigenvalue weighted by Crippen LogP contribution is 2.76. The first-order valence-electron chi connectivity index (χ1n) is 13.8. The normalized spacial score (nSPS) is 37.4. The summed E-state index contributed by atoms with van der Waals surface area (Å²) in [5, 5.41) is 23.2. The van der Waals surface area contributed by atoms with Crippen LogP contribution in [-0.4, -0.2) is 58.0 Å². The molecule has 2 aromatic carbocycles. The Kier molecular flexibility index (Phi) is 4.60. The molecule has 6 heteroatoms. The molecule has 0 unspecified atom stereocenters. The van der Waals surface area contributed by atoms with Gasteiger partial charge in [0.15, 0.2) is 11.5 Å². The summed E-state index contributed by atoms with van der Waals surface area (Å²) in [4.78, 5) is 16.1. The van der Waals surface area contributed by atoms with Gasteiger partial charge in [0.25, 0.3) is 5.91 Å². The van der Waals surface area contributed by atoms with Crippen molar-refractivity contribution >= 4 is 5.91 Å². The number of piperidine rings is 1. The molecule has 8 rings (SSSR count). The molecule has 2 fully saturated rings. The molecule has 2 spiro atoms. The van der Waals surface area contributed by atoms with E-state index in [0.29, 0.717) is 37.1 Å². The fraction of sp³-hybridized carbons (Fsp3) is 0.531. The lowest BCUT2D eigenvalue weighted by Crippen LogP contribution is -2.81. The SMILES string of the molecule is CO[C@]12C=C[C@@]3(C[C@@H]1[C@](C)(O)C(C)(C)C)[C@H]1Cc4ccc(O)c5c4[C@@]3(CCN1C(=O)c1ccccc1)[C@H]2O5. The Hall–Kier alpha value is -2.83. The Labute approximate surface area is 224 Å². The zero-order valence-electron chi connectivity index (χ0n) is 22.8. The fourth-order valence-corrected chi connectivity index (χ4v) is 8.99. The first-order chi connectivity index (χ1) is 17.9. The molecule has 2 N–H and O–H groups in total. The third kappa shape index (κ3) is 2.50. The van der Waals surface area contributed by atoms with Gasteiger partial charge >= 0.3 is 0 Å². The number of phenolic OH excluding ortho intramolecular Hbond substituents is 1. The Morgan fingerprint density at radius 2 is 1.84 bits per heavy atom. The van der Waals surface area contributed by atoms with E-state index in [1.165, 1.54) is 0 Å². The number of aromatic hydroxyl groups is 1. The average Bonchev–Trinajstić information content (AvgIpc) is 3.27. The number of rotatable bonds is 3. The smallest absolute Gasteiger partial charge is 0.254 e. The van der Waals surface area contributed by atoms with Gasteiger partial charge in [0.1, 0.15) is 11.7 Å². The predicted molar refractivity (Wildman–Crippen MR) is 143 cm³/mol. The van der Waals surface area contributed by atoms with E-state index >= 15 is 0 Å². The molecule has 6 nitrogen and oxygen atoms in total. The number of ether oxygens (including phenoxy) is 2. The van der Waals surface area contributed by atoms with Gasteiger partial charge in [0.2, 0.25) is 0 Å². The molecule has 4 aliphatic carbocycles. The summed E-state index contributed by atoms with van der Waals surface area (Å²) >= 11 is 0. The number of likely N-dealkylation sites (tertiary alicyclic amines) is 1. The van der Waals surface area contributed by atoms with Crippen LogP contribution < -0.4 is 4.74 Å². The van der Waals surface area contributed by atoms with Gasteiger partial charge in [-0.2, -0.15) is 0 Å². The average molecular weight is 516 g/mol. The van der Waals surface area contributed by atoms with Gasteiger partial charge in [-0.25, -0.2) is 0 Å². The Bertz CT molecular complexity index is 1380.